The van der Waals surface area contributed by atoms with E-state index in [0.29, 0.717) is 35.0 Å². The maximum atomic E-state index is 12.4. The standard InChI is InChI=1S/C18H22ClN3O3S.C5H7N3O/c1-12(7-17-24-5-2-6-25-17)22-18(23)16-4-3-15(26-16)11-21-14-8-13(19)9-20-10-14;1-8-3-5(2-7-8)6-4-9/h3-4,8-10,12,17,21H,2,5-7,11H2,1H3,(H,22,23);2-4H,1H3,(H,6,9). The Kier molecular flexibility index (Phi) is 10.5. The number of nitrogens with one attached hydrogen (secondary N) is 3. The smallest absolute Gasteiger partial charge is 0.261 e. The van der Waals surface area contributed by atoms with Gasteiger partial charge in [0.15, 0.2) is 6.29 Å². The van der Waals surface area contributed by atoms with Gasteiger partial charge in [-0.05, 0) is 31.5 Å². The lowest BCUT2D eigenvalue weighted by molar-refractivity contribution is -0.183. The number of amides is 2. The Morgan fingerprint density at radius 2 is 2.09 bits per heavy atom. The fourth-order valence-electron chi connectivity index (χ4n) is 3.17. The first-order valence-electron chi connectivity index (χ1n) is 11.1. The quantitative estimate of drug-likeness (QED) is 0.368. The number of rotatable bonds is 9. The van der Waals surface area contributed by atoms with Gasteiger partial charge in [0.1, 0.15) is 0 Å². The van der Waals surface area contributed by atoms with Crippen LogP contribution in [0.5, 0.6) is 0 Å². The molecule has 188 valence electrons. The van der Waals surface area contributed by atoms with Crippen LogP contribution in [0, 0.1) is 0 Å². The van der Waals surface area contributed by atoms with Crippen molar-refractivity contribution < 1.29 is 19.1 Å². The van der Waals surface area contributed by atoms with Crippen molar-refractivity contribution in [2.45, 2.75) is 38.6 Å². The molecule has 1 unspecified atom stereocenters. The molecule has 4 rings (SSSR count). The molecule has 3 aromatic heterocycles. The monoisotopic (exact) mass is 520 g/mol. The summed E-state index contributed by atoms with van der Waals surface area (Å²) in [4.78, 5) is 28.0. The molecule has 0 aliphatic carbocycles. The third-order valence-electron chi connectivity index (χ3n) is 4.81. The van der Waals surface area contributed by atoms with Gasteiger partial charge in [-0.2, -0.15) is 5.10 Å². The van der Waals surface area contributed by atoms with Crippen molar-refractivity contribution in [3.05, 3.63) is 57.8 Å². The number of hydrogen-bond donors (Lipinski definition) is 3. The van der Waals surface area contributed by atoms with Crippen molar-refractivity contribution in [1.29, 1.82) is 0 Å². The summed E-state index contributed by atoms with van der Waals surface area (Å²) >= 11 is 7.38. The van der Waals surface area contributed by atoms with Crippen LogP contribution in [-0.4, -0.2) is 52.6 Å². The van der Waals surface area contributed by atoms with Crippen molar-refractivity contribution in [3.8, 4) is 0 Å². The summed E-state index contributed by atoms with van der Waals surface area (Å²) in [6.07, 6.45) is 8.56. The lowest BCUT2D eigenvalue weighted by Crippen LogP contribution is -2.37. The highest BCUT2D eigenvalue weighted by Gasteiger charge is 2.19. The van der Waals surface area contributed by atoms with E-state index in [1.54, 1.807) is 36.5 Å². The van der Waals surface area contributed by atoms with Gasteiger partial charge in [-0.25, -0.2) is 0 Å². The molecule has 0 bridgehead atoms. The van der Waals surface area contributed by atoms with Gasteiger partial charge in [-0.3, -0.25) is 19.3 Å². The first-order valence-corrected chi connectivity index (χ1v) is 12.3. The zero-order chi connectivity index (χ0) is 25.0. The molecule has 0 saturated carbocycles. The summed E-state index contributed by atoms with van der Waals surface area (Å²) in [7, 11) is 1.79. The SMILES string of the molecule is CC(CC1OCCCO1)NC(=O)c1ccc(CNc2cncc(Cl)c2)s1.Cn1cc(NC=O)cn1. The third kappa shape index (κ3) is 9.29. The molecule has 1 saturated heterocycles. The van der Waals surface area contributed by atoms with Crippen LogP contribution in [0.15, 0.2) is 43.0 Å². The molecule has 1 fully saturated rings. The molecule has 0 aromatic carbocycles. The van der Waals surface area contributed by atoms with E-state index in [9.17, 15) is 9.59 Å². The first kappa shape index (κ1) is 26.6. The lowest BCUT2D eigenvalue weighted by atomic mass is 10.2. The number of aryl methyl sites for hydroxylation is 1. The maximum Gasteiger partial charge on any atom is 0.261 e. The minimum atomic E-state index is -0.228. The van der Waals surface area contributed by atoms with Gasteiger partial charge in [0, 0.05) is 43.3 Å². The average Bonchev–Trinajstić information content (AvgIpc) is 3.48. The number of carbonyl (C=O) groups excluding carboxylic acids is 2. The largest absolute Gasteiger partial charge is 0.379 e. The summed E-state index contributed by atoms with van der Waals surface area (Å²) in [6, 6.07) is 5.58. The van der Waals surface area contributed by atoms with Gasteiger partial charge in [0.05, 0.1) is 46.9 Å². The predicted octanol–water partition coefficient (Wildman–Crippen LogP) is 3.67. The minimum Gasteiger partial charge on any atom is -0.379 e. The van der Waals surface area contributed by atoms with Crippen molar-refractivity contribution >= 4 is 46.6 Å². The minimum absolute atomic E-state index is 0.0215. The molecule has 0 spiro atoms. The molecule has 2 amide bonds. The third-order valence-corrected chi connectivity index (χ3v) is 6.10. The molecule has 1 aliphatic rings. The normalized spacial score (nSPS) is 14.4. The number of halogens is 1. The van der Waals surface area contributed by atoms with Crippen LogP contribution < -0.4 is 16.0 Å². The number of ether oxygens (including phenoxy) is 2. The fourth-order valence-corrected chi connectivity index (χ4v) is 4.20. The number of hydrogen-bond acceptors (Lipinski definition) is 8. The molecule has 1 atom stereocenters. The number of aromatic nitrogens is 3. The Bertz CT molecular complexity index is 1090. The zero-order valence-electron chi connectivity index (χ0n) is 19.6. The van der Waals surface area contributed by atoms with E-state index in [-0.39, 0.29) is 18.2 Å². The van der Waals surface area contributed by atoms with Gasteiger partial charge in [-0.15, -0.1) is 11.3 Å². The van der Waals surface area contributed by atoms with E-state index < -0.39 is 0 Å². The van der Waals surface area contributed by atoms with Crippen LogP contribution in [0.2, 0.25) is 5.02 Å². The second kappa shape index (κ2) is 13.8. The van der Waals surface area contributed by atoms with E-state index in [0.717, 1.165) is 30.2 Å². The Morgan fingerprint density at radius 3 is 2.77 bits per heavy atom. The Hall–Kier alpha value is -2.99. The molecule has 12 heteroatoms. The first-order chi connectivity index (χ1) is 16.9. The topological polar surface area (TPSA) is 119 Å². The molecular weight excluding hydrogens is 492 g/mol. The Morgan fingerprint density at radius 1 is 1.29 bits per heavy atom. The van der Waals surface area contributed by atoms with E-state index in [2.05, 4.69) is 26.0 Å². The molecule has 1 aliphatic heterocycles. The molecule has 3 aromatic rings. The van der Waals surface area contributed by atoms with Gasteiger partial charge in [0.25, 0.3) is 5.91 Å². The average molecular weight is 521 g/mol. The second-order valence-electron chi connectivity index (χ2n) is 7.81. The summed E-state index contributed by atoms with van der Waals surface area (Å²) in [6.45, 7) is 4.00. The van der Waals surface area contributed by atoms with Crippen molar-refractivity contribution in [3.63, 3.8) is 0 Å². The van der Waals surface area contributed by atoms with Crippen LogP contribution in [0.1, 0.15) is 34.3 Å². The number of thiophene rings is 1. The van der Waals surface area contributed by atoms with Crippen LogP contribution in [0.4, 0.5) is 11.4 Å². The van der Waals surface area contributed by atoms with Gasteiger partial charge in [-0.1, -0.05) is 11.6 Å². The number of nitrogens with zero attached hydrogens (tertiary/aromatic N) is 3. The Labute approximate surface area is 213 Å². The summed E-state index contributed by atoms with van der Waals surface area (Å²) in [5, 5.41) is 13.1. The molecule has 10 nitrogen and oxygen atoms in total. The fraction of sp³-hybridized carbons (Fsp3) is 0.391. The van der Waals surface area contributed by atoms with E-state index in [1.807, 2.05) is 25.1 Å². The summed E-state index contributed by atoms with van der Waals surface area (Å²) in [5.74, 6) is -0.0750. The van der Waals surface area contributed by atoms with Crippen molar-refractivity contribution in [2.75, 3.05) is 23.8 Å². The highest BCUT2D eigenvalue weighted by Crippen LogP contribution is 2.20. The zero-order valence-corrected chi connectivity index (χ0v) is 21.1. The van der Waals surface area contributed by atoms with Crippen LogP contribution in [0.25, 0.3) is 0 Å². The van der Waals surface area contributed by atoms with Crippen molar-refractivity contribution in [2.24, 2.45) is 7.05 Å². The van der Waals surface area contributed by atoms with Crippen molar-refractivity contribution in [1.82, 2.24) is 20.1 Å². The van der Waals surface area contributed by atoms with Crippen LogP contribution in [-0.2, 0) is 27.9 Å². The highest BCUT2D eigenvalue weighted by atomic mass is 35.5. The van der Waals surface area contributed by atoms with Gasteiger partial charge < -0.3 is 25.4 Å². The second-order valence-corrected chi connectivity index (χ2v) is 9.42. The molecule has 35 heavy (non-hydrogen) atoms. The molecule has 3 N–H and O–H groups in total. The molecule has 0 radical (unpaired) electrons. The summed E-state index contributed by atoms with van der Waals surface area (Å²) in [5.41, 5.74) is 1.56. The number of pyridine rings is 1. The van der Waals surface area contributed by atoms with Gasteiger partial charge in [0.2, 0.25) is 6.41 Å². The summed E-state index contributed by atoms with van der Waals surface area (Å²) < 4.78 is 12.7. The Balaban J connectivity index is 0.000000320. The number of carbonyl (C=O) groups is 2. The van der Waals surface area contributed by atoms with Crippen LogP contribution in [0.3, 0.4) is 0 Å². The van der Waals surface area contributed by atoms with E-state index in [4.69, 9.17) is 21.1 Å². The van der Waals surface area contributed by atoms with E-state index >= 15 is 0 Å². The van der Waals surface area contributed by atoms with Gasteiger partial charge >= 0.3 is 0 Å². The maximum absolute atomic E-state index is 12.4. The number of anilines is 2. The highest BCUT2D eigenvalue weighted by molar-refractivity contribution is 7.14. The molecular formula is C23H29ClN6O4S. The van der Waals surface area contributed by atoms with Crippen LogP contribution >= 0.6 is 22.9 Å². The predicted molar refractivity (Wildman–Crippen MR) is 136 cm³/mol. The lowest BCUT2D eigenvalue weighted by Gasteiger charge is -2.25. The molecule has 4 heterocycles. The van der Waals surface area contributed by atoms with E-state index in [1.165, 1.54) is 11.3 Å².